The molecule has 8 heteroatoms. The number of Topliss-reactive ketones (excluding diaryl/α,β-unsaturated/α-hetero) is 1. The van der Waals surface area contributed by atoms with Crippen molar-refractivity contribution in [3.63, 3.8) is 0 Å². The van der Waals surface area contributed by atoms with Gasteiger partial charge in [0.05, 0.1) is 11.0 Å². The van der Waals surface area contributed by atoms with E-state index in [0.717, 1.165) is 18.1 Å². The van der Waals surface area contributed by atoms with E-state index in [2.05, 4.69) is 16.8 Å². The van der Waals surface area contributed by atoms with Crippen LogP contribution in [0.3, 0.4) is 0 Å². The van der Waals surface area contributed by atoms with Crippen molar-refractivity contribution in [1.29, 1.82) is 0 Å². The van der Waals surface area contributed by atoms with Crippen molar-refractivity contribution in [2.24, 2.45) is 0 Å². The van der Waals surface area contributed by atoms with Crippen molar-refractivity contribution in [2.45, 2.75) is 19.9 Å². The Hall–Kier alpha value is -2.32. The standard InChI is InChI=1S/C17H20N4O3S/c1-12(17-18-5-10-25-17)19-6-8-20(9-7-19)15-4-3-14(13(2)22)11-16(15)21(23)24/h3-5,10-12H,6-9H2,1-2H3. The summed E-state index contributed by atoms with van der Waals surface area (Å²) in [5.41, 5.74) is 0.942. The van der Waals surface area contributed by atoms with Crippen LogP contribution in [-0.4, -0.2) is 46.8 Å². The van der Waals surface area contributed by atoms with Crippen LogP contribution >= 0.6 is 11.3 Å². The van der Waals surface area contributed by atoms with E-state index in [4.69, 9.17) is 0 Å². The van der Waals surface area contributed by atoms with Gasteiger partial charge in [-0.05, 0) is 26.0 Å². The maximum absolute atomic E-state index is 11.5. The topological polar surface area (TPSA) is 79.6 Å². The molecule has 0 radical (unpaired) electrons. The molecule has 2 heterocycles. The fourth-order valence-electron chi connectivity index (χ4n) is 3.10. The number of hydrogen-bond donors (Lipinski definition) is 0. The fourth-order valence-corrected chi connectivity index (χ4v) is 3.83. The summed E-state index contributed by atoms with van der Waals surface area (Å²) in [7, 11) is 0. The molecule has 0 amide bonds. The van der Waals surface area contributed by atoms with Crippen molar-refractivity contribution in [1.82, 2.24) is 9.88 Å². The lowest BCUT2D eigenvalue weighted by atomic mass is 10.1. The van der Waals surface area contributed by atoms with Crippen molar-refractivity contribution in [3.05, 3.63) is 50.5 Å². The Kier molecular flexibility index (Phi) is 5.10. The number of nitrogens with zero attached hydrogens (tertiary/aromatic N) is 4. The number of piperazine rings is 1. The molecule has 0 aliphatic carbocycles. The van der Waals surface area contributed by atoms with E-state index in [1.54, 1.807) is 23.5 Å². The highest BCUT2D eigenvalue weighted by Gasteiger charge is 2.27. The molecule has 1 aromatic carbocycles. The maximum Gasteiger partial charge on any atom is 0.293 e. The third-order valence-electron chi connectivity index (χ3n) is 4.59. The van der Waals surface area contributed by atoms with Crippen LogP contribution in [0.5, 0.6) is 0 Å². The van der Waals surface area contributed by atoms with Crippen LogP contribution in [0, 0.1) is 10.1 Å². The fraction of sp³-hybridized carbons (Fsp3) is 0.412. The lowest BCUT2D eigenvalue weighted by Crippen LogP contribution is -2.47. The second kappa shape index (κ2) is 7.28. The number of ketones is 1. The number of hydrogen-bond acceptors (Lipinski definition) is 7. The van der Waals surface area contributed by atoms with Crippen molar-refractivity contribution in [3.8, 4) is 0 Å². The zero-order valence-corrected chi connectivity index (χ0v) is 15.0. The minimum atomic E-state index is -0.410. The molecule has 0 spiro atoms. The molecule has 1 atom stereocenters. The molecular formula is C17H20N4O3S. The summed E-state index contributed by atoms with van der Waals surface area (Å²) in [5.74, 6) is -0.170. The van der Waals surface area contributed by atoms with Crippen LogP contribution in [0.4, 0.5) is 11.4 Å². The first-order chi connectivity index (χ1) is 12.0. The molecule has 0 N–H and O–H groups in total. The van der Waals surface area contributed by atoms with Gasteiger partial charge in [0.25, 0.3) is 5.69 Å². The number of nitro groups is 1. The van der Waals surface area contributed by atoms with E-state index < -0.39 is 4.92 Å². The Labute approximate surface area is 150 Å². The molecule has 1 aliphatic heterocycles. The average Bonchev–Trinajstić information content (AvgIpc) is 3.15. The van der Waals surface area contributed by atoms with Crippen LogP contribution in [-0.2, 0) is 0 Å². The number of benzene rings is 1. The third-order valence-corrected chi connectivity index (χ3v) is 5.54. The van der Waals surface area contributed by atoms with Gasteiger partial charge in [-0.25, -0.2) is 4.98 Å². The van der Waals surface area contributed by atoms with E-state index in [0.29, 0.717) is 24.3 Å². The lowest BCUT2D eigenvalue weighted by molar-refractivity contribution is -0.384. The van der Waals surface area contributed by atoms with Crippen molar-refractivity contribution in [2.75, 3.05) is 31.1 Å². The normalized spacial score (nSPS) is 16.6. The molecule has 0 bridgehead atoms. The molecule has 132 valence electrons. The zero-order valence-electron chi connectivity index (χ0n) is 14.2. The largest absolute Gasteiger partial charge is 0.363 e. The third kappa shape index (κ3) is 3.69. The first kappa shape index (κ1) is 17.5. The van der Waals surface area contributed by atoms with E-state index >= 15 is 0 Å². The molecule has 3 rings (SSSR count). The van der Waals surface area contributed by atoms with Gasteiger partial charge >= 0.3 is 0 Å². The van der Waals surface area contributed by atoms with Gasteiger partial charge in [-0.15, -0.1) is 11.3 Å². The summed E-state index contributed by atoms with van der Waals surface area (Å²) in [4.78, 5) is 31.2. The smallest absolute Gasteiger partial charge is 0.293 e. The molecule has 1 fully saturated rings. The molecular weight excluding hydrogens is 340 g/mol. The summed E-state index contributed by atoms with van der Waals surface area (Å²) >= 11 is 1.64. The number of nitro benzene ring substituents is 1. The molecule has 7 nitrogen and oxygen atoms in total. The molecule has 1 aromatic heterocycles. The highest BCUT2D eigenvalue weighted by molar-refractivity contribution is 7.09. The SMILES string of the molecule is CC(=O)c1ccc(N2CCN(C(C)c3nccs3)CC2)c([N+](=O)[O-])c1. The molecule has 1 aliphatic rings. The van der Waals surface area contributed by atoms with E-state index in [-0.39, 0.29) is 17.5 Å². The summed E-state index contributed by atoms with van der Waals surface area (Å²) in [5, 5.41) is 14.5. The summed E-state index contributed by atoms with van der Waals surface area (Å²) in [6.45, 7) is 6.58. The van der Waals surface area contributed by atoms with Gasteiger partial charge in [-0.1, -0.05) is 0 Å². The zero-order chi connectivity index (χ0) is 18.0. The van der Waals surface area contributed by atoms with E-state index in [9.17, 15) is 14.9 Å². The number of thiazole rings is 1. The predicted molar refractivity (Wildman–Crippen MR) is 97.4 cm³/mol. The Morgan fingerprint density at radius 3 is 2.60 bits per heavy atom. The second-order valence-corrected chi connectivity index (χ2v) is 7.01. The molecule has 0 saturated carbocycles. The van der Waals surface area contributed by atoms with Crippen LogP contribution < -0.4 is 4.90 Å². The van der Waals surface area contributed by atoms with Gasteiger partial charge < -0.3 is 4.90 Å². The Bertz CT molecular complexity index is 770. The van der Waals surface area contributed by atoms with Gasteiger partial charge in [-0.3, -0.25) is 19.8 Å². The van der Waals surface area contributed by atoms with Crippen LogP contribution in [0.15, 0.2) is 29.8 Å². The minimum absolute atomic E-state index is 0.00544. The first-order valence-electron chi connectivity index (χ1n) is 8.15. The minimum Gasteiger partial charge on any atom is -0.363 e. The van der Waals surface area contributed by atoms with Crippen LogP contribution in [0.1, 0.15) is 35.3 Å². The summed E-state index contributed by atoms with van der Waals surface area (Å²) in [6, 6.07) is 4.98. The van der Waals surface area contributed by atoms with Gasteiger partial charge in [0.2, 0.25) is 0 Å². The highest BCUT2D eigenvalue weighted by Crippen LogP contribution is 2.31. The molecule has 1 saturated heterocycles. The Morgan fingerprint density at radius 2 is 2.04 bits per heavy atom. The first-order valence-corrected chi connectivity index (χ1v) is 9.03. The van der Waals surface area contributed by atoms with Crippen LogP contribution in [0.25, 0.3) is 0 Å². The molecule has 1 unspecified atom stereocenters. The summed E-state index contributed by atoms with van der Waals surface area (Å²) < 4.78 is 0. The van der Waals surface area contributed by atoms with Gasteiger partial charge in [-0.2, -0.15) is 0 Å². The van der Waals surface area contributed by atoms with Gasteiger partial charge in [0.15, 0.2) is 5.78 Å². The highest BCUT2D eigenvalue weighted by atomic mass is 32.1. The van der Waals surface area contributed by atoms with Gasteiger partial charge in [0.1, 0.15) is 10.7 Å². The quantitative estimate of drug-likeness (QED) is 0.463. The van der Waals surface area contributed by atoms with E-state index in [1.165, 1.54) is 13.0 Å². The predicted octanol–water partition coefficient (Wildman–Crippen LogP) is 3.14. The Balaban J connectivity index is 1.74. The maximum atomic E-state index is 11.5. The van der Waals surface area contributed by atoms with Crippen molar-refractivity contribution >= 4 is 28.5 Å². The monoisotopic (exact) mass is 360 g/mol. The van der Waals surface area contributed by atoms with Crippen LogP contribution in [0.2, 0.25) is 0 Å². The van der Waals surface area contributed by atoms with E-state index in [1.807, 2.05) is 16.5 Å². The van der Waals surface area contributed by atoms with Crippen molar-refractivity contribution < 1.29 is 9.72 Å². The van der Waals surface area contributed by atoms with Gasteiger partial charge in [0, 0.05) is 49.4 Å². The lowest BCUT2D eigenvalue weighted by Gasteiger charge is -2.38. The molecule has 25 heavy (non-hydrogen) atoms. The summed E-state index contributed by atoms with van der Waals surface area (Å²) in [6.07, 6.45) is 1.81. The second-order valence-electron chi connectivity index (χ2n) is 6.09. The Morgan fingerprint density at radius 1 is 1.32 bits per heavy atom. The number of carbonyl (C=O) groups is 1. The average molecular weight is 360 g/mol. The molecule has 2 aromatic rings. The number of aromatic nitrogens is 1. The number of anilines is 1. The number of carbonyl (C=O) groups excluding carboxylic acids is 1. The number of rotatable bonds is 5.